The van der Waals surface area contributed by atoms with E-state index in [1.54, 1.807) is 75.6 Å². The van der Waals surface area contributed by atoms with Gasteiger partial charge < -0.3 is 24.5 Å². The van der Waals surface area contributed by atoms with Crippen LogP contribution in [0.3, 0.4) is 0 Å². The number of Topliss-reactive ketones (excluding diaryl/α,β-unsaturated/α-hetero) is 1. The molecule has 8 nitrogen and oxygen atoms in total. The van der Waals surface area contributed by atoms with E-state index in [0.717, 1.165) is 0 Å². The molecule has 1 saturated heterocycles. The number of benzene rings is 2. The van der Waals surface area contributed by atoms with Gasteiger partial charge in [0.25, 0.3) is 0 Å². The quantitative estimate of drug-likeness (QED) is 0.441. The number of rotatable bonds is 8. The zero-order chi connectivity index (χ0) is 26.9. The van der Waals surface area contributed by atoms with E-state index < -0.39 is 35.7 Å². The van der Waals surface area contributed by atoms with Crippen LogP contribution in [0.1, 0.15) is 45.0 Å². The highest BCUT2D eigenvalue weighted by Crippen LogP contribution is 2.51. The molecule has 37 heavy (non-hydrogen) atoms. The molecule has 2 N–H and O–H groups in total. The standard InChI is InChI=1S/C28H29ClN2O6/c1-15-13-21(16(2)37-15)27(33)24-23(17-7-11-20(36-4)12-8-17)26(28(30)34)31(22(32)14-35-3)25(24)18-5-9-19(29)10-6-18/h5-13,23-26H,14H2,1-4H3,(H2,30,34). The highest BCUT2D eigenvalue weighted by Gasteiger charge is 2.57. The van der Waals surface area contributed by atoms with Crippen LogP contribution in [-0.2, 0) is 14.3 Å². The highest BCUT2D eigenvalue weighted by atomic mass is 35.5. The summed E-state index contributed by atoms with van der Waals surface area (Å²) in [6.45, 7) is 3.19. The fourth-order valence-corrected chi connectivity index (χ4v) is 5.47. The van der Waals surface area contributed by atoms with Crippen LogP contribution < -0.4 is 10.5 Å². The molecule has 2 heterocycles. The number of furan rings is 1. The summed E-state index contributed by atoms with van der Waals surface area (Å²) < 4.78 is 16.1. The third-order valence-corrected chi connectivity index (χ3v) is 7.09. The van der Waals surface area contributed by atoms with Crippen LogP contribution in [0.5, 0.6) is 5.75 Å². The van der Waals surface area contributed by atoms with Crippen LogP contribution >= 0.6 is 11.6 Å². The van der Waals surface area contributed by atoms with Gasteiger partial charge in [-0.3, -0.25) is 14.4 Å². The summed E-state index contributed by atoms with van der Waals surface area (Å²) >= 11 is 6.15. The van der Waals surface area contributed by atoms with Crippen LogP contribution in [0.15, 0.2) is 59.0 Å². The largest absolute Gasteiger partial charge is 0.497 e. The molecule has 2 amide bonds. The van der Waals surface area contributed by atoms with Crippen molar-refractivity contribution in [3.8, 4) is 5.75 Å². The molecular formula is C28H29ClN2O6. The van der Waals surface area contributed by atoms with Gasteiger partial charge in [0.2, 0.25) is 11.8 Å². The van der Waals surface area contributed by atoms with E-state index in [2.05, 4.69) is 0 Å². The third kappa shape index (κ3) is 4.99. The molecule has 4 rings (SSSR count). The van der Waals surface area contributed by atoms with Crippen molar-refractivity contribution in [2.75, 3.05) is 20.8 Å². The Morgan fingerprint density at radius 2 is 1.62 bits per heavy atom. The Kier molecular flexibility index (Phi) is 7.71. The maximum absolute atomic E-state index is 14.3. The van der Waals surface area contributed by atoms with E-state index in [-0.39, 0.29) is 12.4 Å². The molecule has 0 saturated carbocycles. The minimum absolute atomic E-state index is 0.255. The predicted octanol–water partition coefficient (Wildman–Crippen LogP) is 4.22. The average Bonchev–Trinajstić information content (AvgIpc) is 3.41. The first kappa shape index (κ1) is 26.4. The van der Waals surface area contributed by atoms with Gasteiger partial charge in [-0.15, -0.1) is 0 Å². The Hall–Kier alpha value is -3.62. The third-order valence-electron chi connectivity index (χ3n) is 6.84. The maximum Gasteiger partial charge on any atom is 0.249 e. The van der Waals surface area contributed by atoms with E-state index >= 15 is 0 Å². The van der Waals surface area contributed by atoms with E-state index in [0.29, 0.717) is 39.0 Å². The molecule has 1 aromatic heterocycles. The first-order valence-corrected chi connectivity index (χ1v) is 12.2. The summed E-state index contributed by atoms with van der Waals surface area (Å²) in [5, 5.41) is 0.499. The van der Waals surface area contributed by atoms with Crippen LogP contribution in [0.25, 0.3) is 0 Å². The number of ether oxygens (including phenoxy) is 2. The van der Waals surface area contributed by atoms with Crippen molar-refractivity contribution in [3.05, 3.63) is 87.8 Å². The molecule has 0 spiro atoms. The molecule has 1 fully saturated rings. The number of carbonyl (C=O) groups excluding carboxylic acids is 3. The smallest absolute Gasteiger partial charge is 0.249 e. The Bertz CT molecular complexity index is 1300. The topological polar surface area (TPSA) is 112 Å². The Labute approximate surface area is 220 Å². The van der Waals surface area contributed by atoms with E-state index in [9.17, 15) is 14.4 Å². The number of likely N-dealkylation sites (tertiary alicyclic amines) is 1. The van der Waals surface area contributed by atoms with E-state index in [1.165, 1.54) is 12.0 Å². The number of nitrogens with two attached hydrogens (primary N) is 1. The van der Waals surface area contributed by atoms with Gasteiger partial charge in [-0.05, 0) is 55.3 Å². The molecule has 3 aromatic rings. The number of halogens is 1. The van der Waals surface area contributed by atoms with Crippen molar-refractivity contribution in [1.82, 2.24) is 4.90 Å². The van der Waals surface area contributed by atoms with Crippen LogP contribution in [0.4, 0.5) is 0 Å². The minimum Gasteiger partial charge on any atom is -0.497 e. The molecule has 1 aliphatic heterocycles. The van der Waals surface area contributed by atoms with Gasteiger partial charge >= 0.3 is 0 Å². The van der Waals surface area contributed by atoms with Crippen molar-refractivity contribution < 1.29 is 28.3 Å². The van der Waals surface area contributed by atoms with Gasteiger partial charge in [-0.1, -0.05) is 35.9 Å². The van der Waals surface area contributed by atoms with Crippen LogP contribution in [0, 0.1) is 19.8 Å². The number of hydrogen-bond acceptors (Lipinski definition) is 6. The fraction of sp³-hybridized carbons (Fsp3) is 0.321. The lowest BCUT2D eigenvalue weighted by Crippen LogP contribution is -2.47. The Morgan fingerprint density at radius 1 is 1.00 bits per heavy atom. The van der Waals surface area contributed by atoms with Gasteiger partial charge in [-0.25, -0.2) is 0 Å². The van der Waals surface area contributed by atoms with Gasteiger partial charge in [0, 0.05) is 18.1 Å². The second-order valence-electron chi connectivity index (χ2n) is 9.09. The molecule has 4 unspecified atom stereocenters. The van der Waals surface area contributed by atoms with Gasteiger partial charge in [0.1, 0.15) is 29.9 Å². The monoisotopic (exact) mass is 524 g/mol. The summed E-state index contributed by atoms with van der Waals surface area (Å²) in [4.78, 5) is 42.2. The minimum atomic E-state index is -1.11. The molecule has 0 radical (unpaired) electrons. The molecule has 194 valence electrons. The van der Waals surface area contributed by atoms with Crippen LogP contribution in [-0.4, -0.2) is 49.4 Å². The van der Waals surface area contributed by atoms with Gasteiger partial charge in [0.05, 0.1) is 24.6 Å². The summed E-state index contributed by atoms with van der Waals surface area (Å²) in [6, 6.07) is 13.7. The number of amides is 2. The van der Waals surface area contributed by atoms with Crippen molar-refractivity contribution in [2.45, 2.75) is 31.8 Å². The fourth-order valence-electron chi connectivity index (χ4n) is 5.34. The summed E-state index contributed by atoms with van der Waals surface area (Å²) in [7, 11) is 2.95. The van der Waals surface area contributed by atoms with E-state index in [1.807, 2.05) is 0 Å². The Morgan fingerprint density at radius 3 is 2.14 bits per heavy atom. The number of nitrogens with zero attached hydrogens (tertiary/aromatic N) is 1. The second kappa shape index (κ2) is 10.8. The van der Waals surface area contributed by atoms with Crippen molar-refractivity contribution in [3.63, 3.8) is 0 Å². The molecule has 1 aliphatic rings. The highest BCUT2D eigenvalue weighted by molar-refractivity contribution is 6.30. The normalized spacial score (nSPS) is 21.2. The number of hydrogen-bond donors (Lipinski definition) is 1. The van der Waals surface area contributed by atoms with Crippen molar-refractivity contribution in [2.24, 2.45) is 11.7 Å². The molecule has 4 atom stereocenters. The second-order valence-corrected chi connectivity index (χ2v) is 9.53. The van der Waals surface area contributed by atoms with Gasteiger partial charge in [-0.2, -0.15) is 0 Å². The number of primary amides is 1. The Balaban J connectivity index is 1.99. The lowest BCUT2D eigenvalue weighted by atomic mass is 9.76. The molecule has 2 aromatic carbocycles. The van der Waals surface area contributed by atoms with Crippen molar-refractivity contribution in [1.29, 1.82) is 0 Å². The molecule has 0 aliphatic carbocycles. The predicted molar refractivity (Wildman–Crippen MR) is 138 cm³/mol. The first-order chi connectivity index (χ1) is 17.7. The maximum atomic E-state index is 14.3. The average molecular weight is 525 g/mol. The lowest BCUT2D eigenvalue weighted by Gasteiger charge is -2.30. The summed E-state index contributed by atoms with van der Waals surface area (Å²) in [6.07, 6.45) is 0. The summed E-state index contributed by atoms with van der Waals surface area (Å²) in [5.74, 6) is -1.38. The molecule has 0 bridgehead atoms. The number of carbonyl (C=O) groups is 3. The van der Waals surface area contributed by atoms with Gasteiger partial charge in [0.15, 0.2) is 5.78 Å². The SMILES string of the molecule is COCC(=O)N1C(C(N)=O)C(c2ccc(OC)cc2)C(C(=O)c2cc(C)oc2C)C1c1ccc(Cl)cc1. The molecular weight excluding hydrogens is 496 g/mol. The zero-order valence-electron chi connectivity index (χ0n) is 21.1. The first-order valence-electron chi connectivity index (χ1n) is 11.8. The number of aryl methyl sites for hydroxylation is 2. The lowest BCUT2D eigenvalue weighted by molar-refractivity contribution is -0.143. The summed E-state index contributed by atoms with van der Waals surface area (Å²) in [5.41, 5.74) is 7.67. The van der Waals surface area contributed by atoms with E-state index in [4.69, 9.17) is 31.2 Å². The van der Waals surface area contributed by atoms with Crippen molar-refractivity contribution >= 4 is 29.2 Å². The number of methoxy groups -OCH3 is 2. The number of ketones is 1. The molecule has 9 heteroatoms. The van der Waals surface area contributed by atoms with Crippen LogP contribution in [0.2, 0.25) is 5.02 Å². The zero-order valence-corrected chi connectivity index (χ0v) is 21.8.